The first-order valence-electron chi connectivity index (χ1n) is 9.15. The highest BCUT2D eigenvalue weighted by molar-refractivity contribution is 7.92. The molecule has 7 heteroatoms. The summed E-state index contributed by atoms with van der Waals surface area (Å²) in [6.07, 6.45) is 0. The normalized spacial score (nSPS) is 11.1. The molecule has 3 aromatic rings. The first kappa shape index (κ1) is 20.7. The maximum atomic E-state index is 12.8. The number of hydrogen-bond donors (Lipinski definition) is 2. The monoisotopic (exact) mass is 412 g/mol. The van der Waals surface area contributed by atoms with Crippen LogP contribution in [-0.4, -0.2) is 28.7 Å². The van der Waals surface area contributed by atoms with Gasteiger partial charge in [-0.3, -0.25) is 4.72 Å². The standard InChI is InChI=1S/C22H24N2O4S/c1-17-7-9-18(10-8-17)23-21-5-3-4-6-22(21)24-29(25,26)20-13-11-19(12-14-20)28-16-15-27-2/h3-14,23-24H,15-16H2,1-2H3. The van der Waals surface area contributed by atoms with Crippen LogP contribution in [0.15, 0.2) is 77.7 Å². The van der Waals surface area contributed by atoms with Gasteiger partial charge in [-0.05, 0) is 55.5 Å². The topological polar surface area (TPSA) is 76.7 Å². The van der Waals surface area contributed by atoms with E-state index in [-0.39, 0.29) is 4.90 Å². The molecule has 0 aliphatic carbocycles. The highest BCUT2D eigenvalue weighted by atomic mass is 32.2. The summed E-state index contributed by atoms with van der Waals surface area (Å²) in [6, 6.07) is 21.3. The van der Waals surface area contributed by atoms with Gasteiger partial charge < -0.3 is 14.8 Å². The summed E-state index contributed by atoms with van der Waals surface area (Å²) in [5.74, 6) is 0.586. The minimum atomic E-state index is -3.75. The van der Waals surface area contributed by atoms with Crippen molar-refractivity contribution in [1.29, 1.82) is 0 Å². The van der Waals surface area contributed by atoms with Gasteiger partial charge in [0.1, 0.15) is 12.4 Å². The van der Waals surface area contributed by atoms with Gasteiger partial charge in [-0.25, -0.2) is 8.42 Å². The van der Waals surface area contributed by atoms with Gasteiger partial charge in [0.15, 0.2) is 0 Å². The average Bonchev–Trinajstić information content (AvgIpc) is 2.71. The van der Waals surface area contributed by atoms with E-state index < -0.39 is 10.0 Å². The van der Waals surface area contributed by atoms with Gasteiger partial charge in [-0.1, -0.05) is 29.8 Å². The molecular formula is C22H24N2O4S. The number of para-hydroxylation sites is 2. The number of ether oxygens (including phenoxy) is 2. The Morgan fingerprint density at radius 3 is 2.14 bits per heavy atom. The number of benzene rings is 3. The van der Waals surface area contributed by atoms with Gasteiger partial charge in [-0.2, -0.15) is 0 Å². The third-order valence-corrected chi connectivity index (χ3v) is 5.57. The van der Waals surface area contributed by atoms with E-state index in [1.54, 1.807) is 31.4 Å². The van der Waals surface area contributed by atoms with Crippen LogP contribution >= 0.6 is 0 Å². The average molecular weight is 413 g/mol. The van der Waals surface area contributed by atoms with Crippen molar-refractivity contribution < 1.29 is 17.9 Å². The summed E-state index contributed by atoms with van der Waals surface area (Å²) in [4.78, 5) is 0.154. The minimum absolute atomic E-state index is 0.154. The molecule has 2 N–H and O–H groups in total. The minimum Gasteiger partial charge on any atom is -0.491 e. The summed E-state index contributed by atoms with van der Waals surface area (Å²) in [7, 11) is -2.15. The van der Waals surface area contributed by atoms with Crippen LogP contribution in [0.3, 0.4) is 0 Å². The molecule has 152 valence electrons. The van der Waals surface area contributed by atoms with Gasteiger partial charge in [0.2, 0.25) is 0 Å². The summed E-state index contributed by atoms with van der Waals surface area (Å²) in [5.41, 5.74) is 3.16. The third kappa shape index (κ3) is 5.73. The van der Waals surface area contributed by atoms with Gasteiger partial charge >= 0.3 is 0 Å². The molecule has 0 amide bonds. The Balaban J connectivity index is 1.75. The predicted molar refractivity (Wildman–Crippen MR) is 116 cm³/mol. The van der Waals surface area contributed by atoms with Crippen LogP contribution in [0, 0.1) is 6.92 Å². The third-order valence-electron chi connectivity index (χ3n) is 4.19. The van der Waals surface area contributed by atoms with Crippen molar-refractivity contribution >= 4 is 27.1 Å². The second-order valence-corrected chi connectivity index (χ2v) is 8.14. The smallest absolute Gasteiger partial charge is 0.261 e. The Morgan fingerprint density at radius 2 is 1.48 bits per heavy atom. The molecule has 0 saturated carbocycles. The lowest BCUT2D eigenvalue weighted by Crippen LogP contribution is -2.14. The second kappa shape index (κ2) is 9.45. The Labute approximate surface area is 171 Å². The van der Waals surface area contributed by atoms with Gasteiger partial charge in [-0.15, -0.1) is 0 Å². The number of aryl methyl sites for hydroxylation is 1. The van der Waals surface area contributed by atoms with E-state index in [0.29, 0.717) is 30.3 Å². The summed E-state index contributed by atoms with van der Waals surface area (Å²) >= 11 is 0. The van der Waals surface area contributed by atoms with E-state index in [2.05, 4.69) is 10.0 Å². The zero-order valence-electron chi connectivity index (χ0n) is 16.4. The van der Waals surface area contributed by atoms with E-state index in [1.807, 2.05) is 43.3 Å². The maximum Gasteiger partial charge on any atom is 0.261 e. The van der Waals surface area contributed by atoms with E-state index in [9.17, 15) is 8.42 Å². The molecule has 0 aromatic heterocycles. The van der Waals surface area contributed by atoms with E-state index in [4.69, 9.17) is 9.47 Å². The second-order valence-electron chi connectivity index (χ2n) is 6.45. The van der Waals surface area contributed by atoms with Crippen LogP contribution in [-0.2, 0) is 14.8 Å². The lowest BCUT2D eigenvalue weighted by molar-refractivity contribution is 0.146. The number of nitrogens with one attached hydrogen (secondary N) is 2. The zero-order chi connectivity index (χ0) is 20.7. The Bertz CT molecular complexity index is 1030. The Kier molecular flexibility index (Phi) is 6.74. The lowest BCUT2D eigenvalue weighted by Gasteiger charge is -2.15. The van der Waals surface area contributed by atoms with E-state index >= 15 is 0 Å². The first-order valence-corrected chi connectivity index (χ1v) is 10.6. The largest absolute Gasteiger partial charge is 0.491 e. The SMILES string of the molecule is COCCOc1ccc(S(=O)(=O)Nc2ccccc2Nc2ccc(C)cc2)cc1. The van der Waals surface area contributed by atoms with Crippen molar-refractivity contribution in [3.63, 3.8) is 0 Å². The molecule has 29 heavy (non-hydrogen) atoms. The lowest BCUT2D eigenvalue weighted by atomic mass is 10.2. The molecule has 0 heterocycles. The molecule has 6 nitrogen and oxygen atoms in total. The molecular weight excluding hydrogens is 388 g/mol. The number of sulfonamides is 1. The Morgan fingerprint density at radius 1 is 0.828 bits per heavy atom. The van der Waals surface area contributed by atoms with Crippen molar-refractivity contribution in [3.05, 3.63) is 78.4 Å². The molecule has 0 aliphatic heterocycles. The van der Waals surface area contributed by atoms with Crippen molar-refractivity contribution in [2.24, 2.45) is 0 Å². The molecule has 0 saturated heterocycles. The van der Waals surface area contributed by atoms with Gasteiger partial charge in [0.25, 0.3) is 10.0 Å². The zero-order valence-corrected chi connectivity index (χ0v) is 17.2. The first-order chi connectivity index (χ1) is 14.0. The highest BCUT2D eigenvalue weighted by Gasteiger charge is 2.16. The molecule has 0 atom stereocenters. The molecule has 0 radical (unpaired) electrons. The van der Waals surface area contributed by atoms with Crippen LogP contribution in [0.1, 0.15) is 5.56 Å². The van der Waals surface area contributed by atoms with Crippen LogP contribution in [0.25, 0.3) is 0 Å². The number of anilines is 3. The highest BCUT2D eigenvalue weighted by Crippen LogP contribution is 2.28. The molecule has 0 aliphatic rings. The van der Waals surface area contributed by atoms with E-state index in [1.165, 1.54) is 12.1 Å². The van der Waals surface area contributed by atoms with Crippen molar-refractivity contribution in [1.82, 2.24) is 0 Å². The van der Waals surface area contributed by atoms with Gasteiger partial charge in [0, 0.05) is 12.8 Å². The molecule has 3 aromatic carbocycles. The van der Waals surface area contributed by atoms with Crippen LogP contribution in [0.5, 0.6) is 5.75 Å². The maximum absolute atomic E-state index is 12.8. The number of methoxy groups -OCH3 is 1. The van der Waals surface area contributed by atoms with Crippen molar-refractivity contribution in [2.45, 2.75) is 11.8 Å². The van der Waals surface area contributed by atoms with Gasteiger partial charge in [0.05, 0.1) is 22.9 Å². The Hall–Kier alpha value is -3.03. The van der Waals surface area contributed by atoms with Crippen molar-refractivity contribution in [3.8, 4) is 5.75 Å². The fourth-order valence-corrected chi connectivity index (χ4v) is 3.71. The number of rotatable bonds is 9. The number of hydrogen-bond acceptors (Lipinski definition) is 5. The molecule has 0 spiro atoms. The molecule has 3 rings (SSSR count). The molecule has 0 bridgehead atoms. The van der Waals surface area contributed by atoms with Crippen LogP contribution in [0.2, 0.25) is 0 Å². The fourth-order valence-electron chi connectivity index (χ4n) is 2.64. The molecule has 0 fully saturated rings. The quantitative estimate of drug-likeness (QED) is 0.504. The summed E-state index contributed by atoms with van der Waals surface area (Å²) in [5, 5.41) is 3.25. The van der Waals surface area contributed by atoms with Crippen molar-refractivity contribution in [2.75, 3.05) is 30.4 Å². The summed E-state index contributed by atoms with van der Waals surface area (Å²) in [6.45, 7) is 2.88. The van der Waals surface area contributed by atoms with Crippen LogP contribution < -0.4 is 14.8 Å². The summed E-state index contributed by atoms with van der Waals surface area (Å²) < 4.78 is 38.7. The predicted octanol–water partition coefficient (Wildman–Crippen LogP) is 4.56. The van der Waals surface area contributed by atoms with Crippen LogP contribution in [0.4, 0.5) is 17.1 Å². The fraction of sp³-hybridized carbons (Fsp3) is 0.182. The molecule has 0 unspecified atom stereocenters. The van der Waals surface area contributed by atoms with E-state index in [0.717, 1.165) is 11.3 Å².